The van der Waals surface area contributed by atoms with Gasteiger partial charge in [-0.2, -0.15) is 18.4 Å². The summed E-state index contributed by atoms with van der Waals surface area (Å²) in [6.07, 6.45) is 1.39. The molecule has 168 valence electrons. The number of nitrogens with one attached hydrogen (secondary N) is 2. The van der Waals surface area contributed by atoms with Gasteiger partial charge in [-0.1, -0.05) is 0 Å². The molecule has 1 amide bonds. The Morgan fingerprint density at radius 1 is 1.13 bits per heavy atom. The number of nitriles is 1. The quantitative estimate of drug-likeness (QED) is 0.593. The molecule has 1 aromatic rings. The fraction of sp³-hybridized carbons (Fsp3) is 0.636. The summed E-state index contributed by atoms with van der Waals surface area (Å²) < 4.78 is 48.4. The Hall–Kier alpha value is -1.92. The van der Waals surface area contributed by atoms with E-state index in [4.69, 9.17) is 4.74 Å². The van der Waals surface area contributed by atoms with Crippen molar-refractivity contribution in [2.45, 2.75) is 68.3 Å². The maximum atomic E-state index is 13.3. The minimum absolute atomic E-state index is 0.00597. The van der Waals surface area contributed by atoms with Crippen LogP contribution in [0, 0.1) is 16.7 Å². The SMILES string of the molecule is N#CC12CCC(NC(=O)c3cc(C(F)(F)F)ccc3NSC3CCOCC3)(CC1)CC2. The number of rotatable bonds is 5. The van der Waals surface area contributed by atoms with Crippen LogP contribution < -0.4 is 10.0 Å². The molecule has 1 aromatic carbocycles. The summed E-state index contributed by atoms with van der Waals surface area (Å²) >= 11 is 1.43. The highest BCUT2D eigenvalue weighted by Crippen LogP contribution is 2.52. The van der Waals surface area contributed by atoms with Gasteiger partial charge in [-0.05, 0) is 81.5 Å². The van der Waals surface area contributed by atoms with Gasteiger partial charge in [0.1, 0.15) is 0 Å². The third kappa shape index (κ3) is 4.80. The van der Waals surface area contributed by atoms with Crippen LogP contribution >= 0.6 is 11.9 Å². The van der Waals surface area contributed by atoms with Crippen molar-refractivity contribution in [2.24, 2.45) is 5.41 Å². The molecule has 0 radical (unpaired) electrons. The van der Waals surface area contributed by atoms with Gasteiger partial charge in [0.25, 0.3) is 5.91 Å². The molecule has 5 rings (SSSR count). The number of benzene rings is 1. The minimum atomic E-state index is -4.53. The number of fused-ring (bicyclic) bond motifs is 3. The number of alkyl halides is 3. The summed E-state index contributed by atoms with van der Waals surface area (Å²) in [4.78, 5) is 13.2. The van der Waals surface area contributed by atoms with Gasteiger partial charge in [0, 0.05) is 24.0 Å². The number of nitrogens with zero attached hydrogens (tertiary/aromatic N) is 1. The molecule has 0 spiro atoms. The van der Waals surface area contributed by atoms with Gasteiger partial charge >= 0.3 is 6.18 Å². The molecular weight excluding hydrogens is 427 g/mol. The molecule has 5 nitrogen and oxygen atoms in total. The first-order valence-corrected chi connectivity index (χ1v) is 11.6. The molecule has 0 atom stereocenters. The van der Waals surface area contributed by atoms with Gasteiger partial charge in [-0.15, -0.1) is 0 Å². The van der Waals surface area contributed by atoms with Gasteiger partial charge < -0.3 is 14.8 Å². The maximum Gasteiger partial charge on any atom is 0.416 e. The van der Waals surface area contributed by atoms with Crippen LogP contribution in [-0.2, 0) is 10.9 Å². The summed E-state index contributed by atoms with van der Waals surface area (Å²) in [7, 11) is 0. The highest BCUT2D eigenvalue weighted by Gasteiger charge is 2.49. The van der Waals surface area contributed by atoms with E-state index >= 15 is 0 Å². The van der Waals surface area contributed by atoms with Crippen molar-refractivity contribution in [1.29, 1.82) is 5.26 Å². The number of hydrogen-bond acceptors (Lipinski definition) is 5. The molecule has 31 heavy (non-hydrogen) atoms. The van der Waals surface area contributed by atoms with E-state index in [0.29, 0.717) is 38.2 Å². The van der Waals surface area contributed by atoms with E-state index in [0.717, 1.165) is 44.2 Å². The molecule has 1 saturated heterocycles. The van der Waals surface area contributed by atoms with Gasteiger partial charge in [0.05, 0.1) is 28.3 Å². The van der Waals surface area contributed by atoms with Crippen molar-refractivity contribution in [3.8, 4) is 6.07 Å². The van der Waals surface area contributed by atoms with Gasteiger partial charge in [-0.25, -0.2) is 0 Å². The lowest BCUT2D eigenvalue weighted by atomic mass is 9.58. The molecule has 3 saturated carbocycles. The van der Waals surface area contributed by atoms with Crippen LogP contribution in [0.1, 0.15) is 67.3 Å². The molecule has 1 heterocycles. The maximum absolute atomic E-state index is 13.3. The van der Waals surface area contributed by atoms with Gasteiger partial charge in [0.15, 0.2) is 0 Å². The highest BCUT2D eigenvalue weighted by atomic mass is 32.2. The van der Waals surface area contributed by atoms with E-state index in [9.17, 15) is 23.2 Å². The monoisotopic (exact) mass is 453 g/mol. The molecule has 1 aliphatic heterocycles. The van der Waals surface area contributed by atoms with Crippen molar-refractivity contribution < 1.29 is 22.7 Å². The van der Waals surface area contributed by atoms with E-state index in [2.05, 4.69) is 16.1 Å². The number of hydrogen-bond donors (Lipinski definition) is 2. The van der Waals surface area contributed by atoms with E-state index in [-0.39, 0.29) is 16.2 Å². The van der Waals surface area contributed by atoms with E-state index < -0.39 is 23.2 Å². The first-order valence-electron chi connectivity index (χ1n) is 10.7. The topological polar surface area (TPSA) is 74.2 Å². The first-order chi connectivity index (χ1) is 14.7. The largest absolute Gasteiger partial charge is 0.416 e. The third-order valence-electron chi connectivity index (χ3n) is 6.96. The number of halogens is 3. The van der Waals surface area contributed by atoms with Crippen molar-refractivity contribution in [2.75, 3.05) is 17.9 Å². The Morgan fingerprint density at radius 2 is 1.77 bits per heavy atom. The van der Waals surface area contributed by atoms with E-state index in [1.807, 2.05) is 0 Å². The fourth-order valence-corrected chi connectivity index (χ4v) is 5.69. The van der Waals surface area contributed by atoms with Crippen molar-refractivity contribution in [1.82, 2.24) is 5.32 Å². The average molecular weight is 454 g/mol. The molecule has 2 N–H and O–H groups in total. The van der Waals surface area contributed by atoms with Crippen molar-refractivity contribution >= 4 is 23.5 Å². The number of anilines is 1. The normalized spacial score (nSPS) is 28.7. The second-order valence-corrected chi connectivity index (χ2v) is 10.0. The number of ether oxygens (including phenoxy) is 1. The Labute approximate surface area is 184 Å². The van der Waals surface area contributed by atoms with Crippen LogP contribution in [-0.4, -0.2) is 29.9 Å². The Balaban J connectivity index is 1.53. The van der Waals surface area contributed by atoms with Crippen LogP contribution in [0.15, 0.2) is 18.2 Å². The average Bonchev–Trinajstić information content (AvgIpc) is 2.78. The molecule has 3 aliphatic carbocycles. The molecule has 9 heteroatoms. The van der Waals surface area contributed by atoms with Crippen molar-refractivity contribution in [3.63, 3.8) is 0 Å². The second kappa shape index (κ2) is 8.55. The lowest BCUT2D eigenvalue weighted by molar-refractivity contribution is -0.137. The number of carbonyl (C=O) groups is 1. The minimum Gasteiger partial charge on any atom is -0.381 e. The van der Waals surface area contributed by atoms with Crippen LogP contribution in [0.3, 0.4) is 0 Å². The predicted molar refractivity (Wildman–Crippen MR) is 112 cm³/mol. The lowest BCUT2D eigenvalue weighted by Crippen LogP contribution is -2.56. The summed E-state index contributed by atoms with van der Waals surface area (Å²) in [5.74, 6) is -0.493. The second-order valence-electron chi connectivity index (χ2n) is 8.92. The number of carbonyl (C=O) groups excluding carboxylic acids is 1. The van der Waals surface area contributed by atoms with E-state index in [1.54, 1.807) is 0 Å². The summed E-state index contributed by atoms with van der Waals surface area (Å²) in [5, 5.41) is 12.8. The molecule has 0 aromatic heterocycles. The number of amides is 1. The smallest absolute Gasteiger partial charge is 0.381 e. The van der Waals surface area contributed by atoms with Crippen LogP contribution in [0.4, 0.5) is 18.9 Å². The highest BCUT2D eigenvalue weighted by molar-refractivity contribution is 8.01. The zero-order valence-corrected chi connectivity index (χ0v) is 18.0. The van der Waals surface area contributed by atoms with Crippen molar-refractivity contribution in [3.05, 3.63) is 29.3 Å². The zero-order chi connectivity index (χ0) is 22.1. The van der Waals surface area contributed by atoms with E-state index in [1.165, 1.54) is 18.0 Å². The lowest BCUT2D eigenvalue weighted by Gasteiger charge is -2.50. The fourth-order valence-electron chi connectivity index (χ4n) is 4.79. The summed E-state index contributed by atoms with van der Waals surface area (Å²) in [6.45, 7) is 1.32. The summed E-state index contributed by atoms with van der Waals surface area (Å²) in [5.41, 5.74) is -1.18. The first kappa shape index (κ1) is 22.3. The predicted octanol–water partition coefficient (Wildman–Crippen LogP) is 5.29. The Bertz CT molecular complexity index is 853. The van der Waals surface area contributed by atoms with Crippen LogP contribution in [0.25, 0.3) is 0 Å². The zero-order valence-electron chi connectivity index (χ0n) is 17.2. The molecule has 4 aliphatic rings. The Kier molecular flexibility index (Phi) is 6.14. The molecule has 0 unspecified atom stereocenters. The Morgan fingerprint density at radius 3 is 2.35 bits per heavy atom. The third-order valence-corrected chi connectivity index (χ3v) is 8.10. The van der Waals surface area contributed by atoms with Crippen LogP contribution in [0.5, 0.6) is 0 Å². The van der Waals surface area contributed by atoms with Crippen LogP contribution in [0.2, 0.25) is 0 Å². The van der Waals surface area contributed by atoms with Gasteiger partial charge in [-0.3, -0.25) is 4.79 Å². The van der Waals surface area contributed by atoms with Gasteiger partial charge in [0.2, 0.25) is 0 Å². The standard InChI is InChI=1S/C22H26F3N3O2S/c23-22(24,25)15-1-2-18(28-31-16-3-11-30-12-4-16)17(13-15)19(29)27-21-8-5-20(14-26,6-9-21)7-10-21/h1-2,13,16,28H,3-12H2,(H,27,29). The molecule has 4 fully saturated rings. The summed E-state index contributed by atoms with van der Waals surface area (Å²) in [6, 6.07) is 5.71. The molecular formula is C22H26F3N3O2S. The molecule has 2 bridgehead atoms.